The molecule has 4 atom stereocenters. The van der Waals surface area contributed by atoms with Gasteiger partial charge in [0.2, 0.25) is 0 Å². The molecule has 0 radical (unpaired) electrons. The van der Waals surface area contributed by atoms with Gasteiger partial charge in [0.15, 0.2) is 6.10 Å². The second-order valence-corrected chi connectivity index (χ2v) is 8.38. The molecule has 0 unspecified atom stereocenters. The highest BCUT2D eigenvalue weighted by molar-refractivity contribution is 9.10. The summed E-state index contributed by atoms with van der Waals surface area (Å²) in [7, 11) is 0. The van der Waals surface area contributed by atoms with Crippen LogP contribution in [0.5, 0.6) is 5.75 Å². The van der Waals surface area contributed by atoms with E-state index in [-0.39, 0.29) is 24.0 Å². The van der Waals surface area contributed by atoms with E-state index in [1.165, 1.54) is 0 Å². The van der Waals surface area contributed by atoms with Crippen LogP contribution in [0.2, 0.25) is 5.02 Å². The predicted octanol–water partition coefficient (Wildman–Crippen LogP) is 4.41. The summed E-state index contributed by atoms with van der Waals surface area (Å²) in [4.78, 5) is 14.9. The molecular formula is C19H25BrClNO3. The topological polar surface area (TPSA) is 49.8 Å². The van der Waals surface area contributed by atoms with Gasteiger partial charge >= 0.3 is 0 Å². The van der Waals surface area contributed by atoms with Gasteiger partial charge < -0.3 is 14.7 Å². The van der Waals surface area contributed by atoms with Crippen LogP contribution in [0, 0.1) is 5.92 Å². The van der Waals surface area contributed by atoms with Gasteiger partial charge in [-0.3, -0.25) is 4.79 Å². The van der Waals surface area contributed by atoms with Crippen LogP contribution in [0.15, 0.2) is 22.7 Å². The summed E-state index contributed by atoms with van der Waals surface area (Å²) in [5.41, 5.74) is 0. The zero-order valence-electron chi connectivity index (χ0n) is 14.5. The zero-order chi connectivity index (χ0) is 18.0. The second kappa shape index (κ2) is 8.28. The van der Waals surface area contributed by atoms with E-state index in [2.05, 4.69) is 15.9 Å². The van der Waals surface area contributed by atoms with Crippen molar-refractivity contribution in [3.8, 4) is 5.75 Å². The maximum Gasteiger partial charge on any atom is 0.263 e. The lowest BCUT2D eigenvalue weighted by atomic mass is 9.80. The third-order valence-electron chi connectivity index (χ3n) is 5.40. The molecule has 1 saturated carbocycles. The van der Waals surface area contributed by atoms with Crippen LogP contribution in [-0.4, -0.2) is 40.7 Å². The number of likely N-dealkylation sites (tertiary alicyclic amines) is 1. The third-order valence-corrected chi connectivity index (χ3v) is 6.26. The zero-order valence-corrected chi connectivity index (χ0v) is 16.8. The van der Waals surface area contributed by atoms with Gasteiger partial charge in [0.1, 0.15) is 5.75 Å². The van der Waals surface area contributed by atoms with Crippen molar-refractivity contribution >= 4 is 33.4 Å². The van der Waals surface area contributed by atoms with Crippen LogP contribution in [0.1, 0.15) is 45.4 Å². The summed E-state index contributed by atoms with van der Waals surface area (Å²) in [6.07, 6.45) is 5.21. The number of carbonyl (C=O) groups is 1. The number of amides is 1. The fourth-order valence-electron chi connectivity index (χ4n) is 4.15. The molecule has 2 aliphatic rings. The van der Waals surface area contributed by atoms with Crippen LogP contribution >= 0.6 is 27.5 Å². The van der Waals surface area contributed by atoms with E-state index in [4.69, 9.17) is 16.3 Å². The molecule has 25 heavy (non-hydrogen) atoms. The van der Waals surface area contributed by atoms with Crippen molar-refractivity contribution in [1.29, 1.82) is 0 Å². The van der Waals surface area contributed by atoms with Gasteiger partial charge in [0.25, 0.3) is 5.91 Å². The van der Waals surface area contributed by atoms with Gasteiger partial charge in [-0.05, 0) is 66.7 Å². The molecule has 1 N–H and O–H groups in total. The molecule has 1 aliphatic carbocycles. The van der Waals surface area contributed by atoms with Crippen LogP contribution in [-0.2, 0) is 4.79 Å². The fourth-order valence-corrected chi connectivity index (χ4v) is 4.92. The number of carbonyl (C=O) groups excluding carboxylic acids is 1. The number of halogens is 2. The average molecular weight is 431 g/mol. The summed E-state index contributed by atoms with van der Waals surface area (Å²) in [5.74, 6) is 0.815. The van der Waals surface area contributed by atoms with Crippen molar-refractivity contribution in [1.82, 2.24) is 4.90 Å². The van der Waals surface area contributed by atoms with Gasteiger partial charge in [-0.25, -0.2) is 0 Å². The van der Waals surface area contributed by atoms with E-state index in [0.717, 1.165) is 49.5 Å². The highest BCUT2D eigenvalue weighted by Gasteiger charge is 2.40. The Balaban J connectivity index is 1.68. The molecule has 138 valence electrons. The molecule has 1 heterocycles. The van der Waals surface area contributed by atoms with Crippen molar-refractivity contribution in [2.45, 2.75) is 63.7 Å². The molecule has 6 heteroatoms. The van der Waals surface area contributed by atoms with E-state index in [0.29, 0.717) is 10.8 Å². The molecule has 2 fully saturated rings. The summed E-state index contributed by atoms with van der Waals surface area (Å²) < 4.78 is 6.61. The number of nitrogens with zero attached hydrogens (tertiary/aromatic N) is 1. The Labute approximate surface area is 162 Å². The molecule has 3 rings (SSSR count). The number of hydrogen-bond donors (Lipinski definition) is 1. The Hall–Kier alpha value is -0.780. The monoisotopic (exact) mass is 429 g/mol. The molecular weight excluding hydrogens is 406 g/mol. The smallest absolute Gasteiger partial charge is 0.263 e. The summed E-state index contributed by atoms with van der Waals surface area (Å²) in [5, 5.41) is 11.0. The lowest BCUT2D eigenvalue weighted by Gasteiger charge is -2.38. The van der Waals surface area contributed by atoms with Gasteiger partial charge in [0, 0.05) is 23.5 Å². The first kappa shape index (κ1) is 19.0. The maximum atomic E-state index is 13.0. The van der Waals surface area contributed by atoms with Crippen LogP contribution in [0.25, 0.3) is 0 Å². The molecule has 1 aromatic rings. The highest BCUT2D eigenvalue weighted by atomic mass is 79.9. The van der Waals surface area contributed by atoms with Crippen molar-refractivity contribution in [2.24, 2.45) is 5.92 Å². The Morgan fingerprint density at radius 1 is 1.32 bits per heavy atom. The Morgan fingerprint density at radius 3 is 2.80 bits per heavy atom. The molecule has 0 aromatic heterocycles. The number of benzene rings is 1. The Bertz CT molecular complexity index is 627. The summed E-state index contributed by atoms with van der Waals surface area (Å²) >= 11 is 9.38. The minimum Gasteiger partial charge on any atom is -0.480 e. The van der Waals surface area contributed by atoms with Gasteiger partial charge in [-0.1, -0.05) is 24.4 Å². The number of aliphatic hydroxyl groups is 1. The molecule has 4 nitrogen and oxygen atoms in total. The standard InChI is InChI=1S/C19H25BrClNO3/c1-12(25-18-9-8-13(21)11-15(18)20)19(24)22-10-4-6-16(22)14-5-2-3-7-17(14)23/h8-9,11-12,14,16-17,23H,2-7,10H2,1H3/t12-,14-,16+,17-/m0/s1. The first-order valence-electron chi connectivity index (χ1n) is 9.07. The van der Waals surface area contributed by atoms with Crippen LogP contribution in [0.4, 0.5) is 0 Å². The Morgan fingerprint density at radius 2 is 2.08 bits per heavy atom. The van der Waals surface area contributed by atoms with Gasteiger partial charge in [-0.15, -0.1) is 0 Å². The predicted molar refractivity (Wildman–Crippen MR) is 102 cm³/mol. The van der Waals surface area contributed by atoms with E-state index in [9.17, 15) is 9.90 Å². The number of hydrogen-bond acceptors (Lipinski definition) is 3. The van der Waals surface area contributed by atoms with Crippen molar-refractivity contribution in [3.63, 3.8) is 0 Å². The SMILES string of the molecule is C[C@H](Oc1ccc(Cl)cc1Br)C(=O)N1CCC[C@@H]1[C@@H]1CCCC[C@@H]1O. The van der Waals surface area contributed by atoms with Crippen molar-refractivity contribution in [2.75, 3.05) is 6.54 Å². The lowest BCUT2D eigenvalue weighted by molar-refractivity contribution is -0.141. The number of aliphatic hydroxyl groups excluding tert-OH is 1. The minimum absolute atomic E-state index is 0.00197. The normalized spacial score (nSPS) is 28.0. The second-order valence-electron chi connectivity index (χ2n) is 7.09. The molecule has 1 aliphatic heterocycles. The van der Waals surface area contributed by atoms with Gasteiger partial charge in [-0.2, -0.15) is 0 Å². The number of rotatable bonds is 4. The average Bonchev–Trinajstić information content (AvgIpc) is 3.06. The molecule has 1 aromatic carbocycles. The molecule has 0 spiro atoms. The fraction of sp³-hybridized carbons (Fsp3) is 0.632. The third kappa shape index (κ3) is 4.32. The van der Waals surface area contributed by atoms with E-state index in [1.807, 2.05) is 4.90 Å². The Kier molecular flexibility index (Phi) is 6.29. The largest absolute Gasteiger partial charge is 0.480 e. The minimum atomic E-state index is -0.571. The molecule has 1 amide bonds. The van der Waals surface area contributed by atoms with Crippen LogP contribution < -0.4 is 4.74 Å². The van der Waals surface area contributed by atoms with Crippen molar-refractivity contribution in [3.05, 3.63) is 27.7 Å². The maximum absolute atomic E-state index is 13.0. The first-order chi connectivity index (χ1) is 12.0. The summed E-state index contributed by atoms with van der Waals surface area (Å²) in [6.45, 7) is 2.54. The summed E-state index contributed by atoms with van der Waals surface area (Å²) in [6, 6.07) is 5.41. The quantitative estimate of drug-likeness (QED) is 0.769. The number of ether oxygens (including phenoxy) is 1. The van der Waals surface area contributed by atoms with E-state index >= 15 is 0 Å². The first-order valence-corrected chi connectivity index (χ1v) is 10.2. The van der Waals surface area contributed by atoms with Crippen molar-refractivity contribution < 1.29 is 14.6 Å². The van der Waals surface area contributed by atoms with E-state index < -0.39 is 6.10 Å². The van der Waals surface area contributed by atoms with Gasteiger partial charge in [0.05, 0.1) is 10.6 Å². The highest BCUT2D eigenvalue weighted by Crippen LogP contribution is 2.35. The van der Waals surface area contributed by atoms with E-state index in [1.54, 1.807) is 25.1 Å². The van der Waals surface area contributed by atoms with Crippen LogP contribution in [0.3, 0.4) is 0 Å². The lowest BCUT2D eigenvalue weighted by Crippen LogP contribution is -2.49. The molecule has 0 bridgehead atoms. The molecule has 1 saturated heterocycles.